The van der Waals surface area contributed by atoms with Crippen molar-refractivity contribution in [3.8, 4) is 11.5 Å². The Morgan fingerprint density at radius 3 is 2.68 bits per heavy atom. The predicted octanol–water partition coefficient (Wildman–Crippen LogP) is 4.94. The molecule has 1 saturated carbocycles. The molecule has 3 heteroatoms. The van der Waals surface area contributed by atoms with E-state index < -0.39 is 0 Å². The fraction of sp³-hybridized carbons (Fsp3) is 0.625. The average Bonchev–Trinajstić information content (AvgIpc) is 2.96. The van der Waals surface area contributed by atoms with Crippen LogP contribution < -0.4 is 9.47 Å². The smallest absolute Gasteiger partial charge is 0.127 e. The van der Waals surface area contributed by atoms with E-state index in [1.54, 1.807) is 0 Å². The van der Waals surface area contributed by atoms with Crippen LogP contribution in [0.25, 0.3) is 0 Å². The van der Waals surface area contributed by atoms with Gasteiger partial charge in [0.2, 0.25) is 0 Å². The minimum absolute atomic E-state index is 0.739. The molecule has 1 aromatic carbocycles. The third-order valence-electron chi connectivity index (χ3n) is 3.60. The summed E-state index contributed by atoms with van der Waals surface area (Å²) in [7, 11) is 0. The van der Waals surface area contributed by atoms with Crippen LogP contribution in [0.3, 0.4) is 0 Å². The van der Waals surface area contributed by atoms with Gasteiger partial charge in [-0.2, -0.15) is 0 Å². The lowest BCUT2D eigenvalue weighted by Crippen LogP contribution is -2.09. The molecule has 0 amide bonds. The monoisotopic (exact) mass is 326 g/mol. The molecule has 0 saturated heterocycles. The maximum atomic E-state index is 6.02. The highest BCUT2D eigenvalue weighted by Gasteiger charge is 2.16. The molecule has 0 heterocycles. The minimum atomic E-state index is 0.739. The zero-order valence-electron chi connectivity index (χ0n) is 11.7. The van der Waals surface area contributed by atoms with Crippen molar-refractivity contribution >= 4 is 15.9 Å². The molecule has 0 aliphatic heterocycles. The molecule has 0 bridgehead atoms. The molecule has 2 rings (SSSR count). The van der Waals surface area contributed by atoms with Gasteiger partial charge in [-0.1, -0.05) is 41.8 Å². The largest absolute Gasteiger partial charge is 0.493 e. The Hall–Kier alpha value is -0.700. The van der Waals surface area contributed by atoms with Crippen LogP contribution in [-0.4, -0.2) is 13.2 Å². The van der Waals surface area contributed by atoms with Crippen molar-refractivity contribution < 1.29 is 9.47 Å². The van der Waals surface area contributed by atoms with Crippen molar-refractivity contribution in [1.82, 2.24) is 0 Å². The van der Waals surface area contributed by atoms with E-state index in [1.165, 1.54) is 31.2 Å². The molecule has 0 spiro atoms. The van der Waals surface area contributed by atoms with Gasteiger partial charge in [-0.15, -0.1) is 0 Å². The van der Waals surface area contributed by atoms with E-state index in [0.717, 1.165) is 42.4 Å². The standard InChI is InChI=1S/C16H23BrO2/c1-2-9-18-15-8-7-14(11-17)16(10-15)19-12-13-5-3-4-6-13/h7-8,10,13H,2-6,9,11-12H2,1H3. The van der Waals surface area contributed by atoms with Crippen LogP contribution in [0.15, 0.2) is 18.2 Å². The lowest BCUT2D eigenvalue weighted by Gasteiger charge is -2.15. The summed E-state index contributed by atoms with van der Waals surface area (Å²) in [5.41, 5.74) is 1.20. The van der Waals surface area contributed by atoms with Crippen LogP contribution >= 0.6 is 15.9 Å². The van der Waals surface area contributed by atoms with E-state index >= 15 is 0 Å². The fourth-order valence-electron chi connectivity index (χ4n) is 2.47. The van der Waals surface area contributed by atoms with Gasteiger partial charge in [-0.25, -0.2) is 0 Å². The van der Waals surface area contributed by atoms with Crippen molar-refractivity contribution in [3.05, 3.63) is 23.8 Å². The lowest BCUT2D eigenvalue weighted by atomic mass is 10.1. The minimum Gasteiger partial charge on any atom is -0.493 e. The Labute approximate surface area is 124 Å². The van der Waals surface area contributed by atoms with Gasteiger partial charge in [-0.3, -0.25) is 0 Å². The number of halogens is 1. The van der Waals surface area contributed by atoms with E-state index in [1.807, 2.05) is 12.1 Å². The second-order valence-corrected chi connectivity index (χ2v) is 5.77. The second kappa shape index (κ2) is 7.78. The zero-order valence-corrected chi connectivity index (χ0v) is 13.2. The number of alkyl halides is 1. The van der Waals surface area contributed by atoms with Gasteiger partial charge in [0.25, 0.3) is 0 Å². The first-order valence-corrected chi connectivity index (χ1v) is 8.40. The SMILES string of the molecule is CCCOc1ccc(CBr)c(OCC2CCCC2)c1. The van der Waals surface area contributed by atoms with Crippen LogP contribution in [0.4, 0.5) is 0 Å². The molecule has 1 aliphatic carbocycles. The van der Waals surface area contributed by atoms with Crippen LogP contribution in [0.5, 0.6) is 11.5 Å². The van der Waals surface area contributed by atoms with Gasteiger partial charge in [0.1, 0.15) is 11.5 Å². The molecule has 0 atom stereocenters. The summed E-state index contributed by atoms with van der Waals surface area (Å²) >= 11 is 3.52. The third-order valence-corrected chi connectivity index (χ3v) is 4.21. The second-order valence-electron chi connectivity index (χ2n) is 5.21. The van der Waals surface area contributed by atoms with Crippen LogP contribution in [0.2, 0.25) is 0 Å². The van der Waals surface area contributed by atoms with Crippen LogP contribution in [0, 0.1) is 5.92 Å². The Morgan fingerprint density at radius 2 is 2.00 bits per heavy atom. The quantitative estimate of drug-likeness (QED) is 0.661. The molecular formula is C16H23BrO2. The van der Waals surface area contributed by atoms with Crippen LogP contribution in [0.1, 0.15) is 44.6 Å². The molecule has 2 nitrogen and oxygen atoms in total. The Balaban J connectivity index is 1.98. The summed E-state index contributed by atoms with van der Waals surface area (Å²) in [6.45, 7) is 3.72. The summed E-state index contributed by atoms with van der Waals surface area (Å²) in [6.07, 6.45) is 6.38. The molecule has 106 valence electrons. The van der Waals surface area contributed by atoms with Gasteiger partial charge < -0.3 is 9.47 Å². The third kappa shape index (κ3) is 4.41. The number of rotatable bonds is 7. The first kappa shape index (κ1) is 14.7. The Bertz CT molecular complexity index is 386. The molecule has 0 N–H and O–H groups in total. The first-order chi connectivity index (χ1) is 9.33. The maximum Gasteiger partial charge on any atom is 0.127 e. The summed E-state index contributed by atoms with van der Waals surface area (Å²) in [4.78, 5) is 0. The summed E-state index contributed by atoms with van der Waals surface area (Å²) in [5.74, 6) is 2.62. The molecule has 19 heavy (non-hydrogen) atoms. The average molecular weight is 327 g/mol. The number of benzene rings is 1. The Morgan fingerprint density at radius 1 is 1.21 bits per heavy atom. The van der Waals surface area contributed by atoms with E-state index in [2.05, 4.69) is 28.9 Å². The maximum absolute atomic E-state index is 6.02. The molecular weight excluding hydrogens is 304 g/mol. The topological polar surface area (TPSA) is 18.5 Å². The molecule has 1 fully saturated rings. The molecule has 1 aromatic rings. The van der Waals surface area contributed by atoms with Gasteiger partial charge in [-0.05, 0) is 31.2 Å². The number of hydrogen-bond donors (Lipinski definition) is 0. The highest BCUT2D eigenvalue weighted by atomic mass is 79.9. The zero-order chi connectivity index (χ0) is 13.5. The predicted molar refractivity (Wildman–Crippen MR) is 82.3 cm³/mol. The Kier molecular flexibility index (Phi) is 6.02. The highest BCUT2D eigenvalue weighted by molar-refractivity contribution is 9.08. The fourth-order valence-corrected chi connectivity index (χ4v) is 2.94. The van der Waals surface area contributed by atoms with Gasteiger partial charge in [0.15, 0.2) is 0 Å². The summed E-state index contributed by atoms with van der Waals surface area (Å²) in [5, 5.41) is 0.820. The normalized spacial score (nSPS) is 15.7. The van der Waals surface area contributed by atoms with E-state index in [-0.39, 0.29) is 0 Å². The van der Waals surface area contributed by atoms with E-state index in [4.69, 9.17) is 9.47 Å². The molecule has 0 radical (unpaired) electrons. The van der Waals surface area contributed by atoms with Crippen molar-refractivity contribution in [2.75, 3.05) is 13.2 Å². The highest BCUT2D eigenvalue weighted by Crippen LogP contribution is 2.30. The first-order valence-electron chi connectivity index (χ1n) is 7.28. The van der Waals surface area contributed by atoms with Crippen molar-refractivity contribution in [2.45, 2.75) is 44.4 Å². The number of hydrogen-bond acceptors (Lipinski definition) is 2. The lowest BCUT2D eigenvalue weighted by molar-refractivity contribution is 0.248. The molecule has 0 aromatic heterocycles. The van der Waals surface area contributed by atoms with E-state index in [9.17, 15) is 0 Å². The molecule has 0 unspecified atom stereocenters. The van der Waals surface area contributed by atoms with Crippen LogP contribution in [-0.2, 0) is 5.33 Å². The van der Waals surface area contributed by atoms with Crippen molar-refractivity contribution in [2.24, 2.45) is 5.92 Å². The summed E-state index contributed by atoms with van der Waals surface area (Å²) < 4.78 is 11.7. The van der Waals surface area contributed by atoms with Crippen molar-refractivity contribution in [3.63, 3.8) is 0 Å². The van der Waals surface area contributed by atoms with Crippen molar-refractivity contribution in [1.29, 1.82) is 0 Å². The van der Waals surface area contributed by atoms with Gasteiger partial charge in [0, 0.05) is 17.0 Å². The van der Waals surface area contributed by atoms with Gasteiger partial charge in [0.05, 0.1) is 13.2 Å². The van der Waals surface area contributed by atoms with E-state index in [0.29, 0.717) is 0 Å². The summed E-state index contributed by atoms with van der Waals surface area (Å²) in [6, 6.07) is 6.14. The molecule has 1 aliphatic rings. The number of ether oxygens (including phenoxy) is 2. The van der Waals surface area contributed by atoms with Gasteiger partial charge >= 0.3 is 0 Å².